The molecule has 0 aliphatic carbocycles. The molecule has 1 atom stereocenters. The van der Waals surface area contributed by atoms with Crippen LogP contribution in [0.1, 0.15) is 11.6 Å². The van der Waals surface area contributed by atoms with Gasteiger partial charge in [0.25, 0.3) is 0 Å². The Bertz CT molecular complexity index is 754. The highest BCUT2D eigenvalue weighted by Gasteiger charge is 2.27. The predicted molar refractivity (Wildman–Crippen MR) is 81.2 cm³/mol. The molecule has 0 bridgehead atoms. The Kier molecular flexibility index (Phi) is 3.61. The van der Waals surface area contributed by atoms with Crippen LogP contribution in [0.3, 0.4) is 0 Å². The molecular formula is C14H9BrClFN2O2. The second-order valence-electron chi connectivity index (χ2n) is 4.51. The summed E-state index contributed by atoms with van der Waals surface area (Å²) < 4.78 is 19.6. The standard InChI is InChI=1S/C14H9BrClFN2O2/c15-8-4-9(16)10(17)5-12(8)21-6-1-2-7-11(3-6)19-14(20)13(7)18/h1-5,13H,18H2,(H,19,20). The van der Waals surface area contributed by atoms with Crippen molar-refractivity contribution in [2.45, 2.75) is 6.04 Å². The number of carbonyl (C=O) groups is 1. The molecule has 0 saturated carbocycles. The lowest BCUT2D eigenvalue weighted by molar-refractivity contribution is -0.116. The van der Waals surface area contributed by atoms with Crippen LogP contribution in [0.2, 0.25) is 5.02 Å². The van der Waals surface area contributed by atoms with Gasteiger partial charge in [0.1, 0.15) is 23.4 Å². The van der Waals surface area contributed by atoms with Crippen LogP contribution < -0.4 is 15.8 Å². The van der Waals surface area contributed by atoms with Crippen molar-refractivity contribution in [1.82, 2.24) is 0 Å². The Morgan fingerprint density at radius 3 is 2.86 bits per heavy atom. The third-order valence-corrected chi connectivity index (χ3v) is 4.01. The molecule has 1 aliphatic rings. The molecule has 21 heavy (non-hydrogen) atoms. The molecule has 0 saturated heterocycles. The Hall–Kier alpha value is -1.63. The van der Waals surface area contributed by atoms with Gasteiger partial charge in [0.2, 0.25) is 5.91 Å². The van der Waals surface area contributed by atoms with Crippen molar-refractivity contribution in [1.29, 1.82) is 0 Å². The number of carbonyl (C=O) groups excluding carboxylic acids is 1. The molecule has 1 unspecified atom stereocenters. The third-order valence-electron chi connectivity index (χ3n) is 3.10. The van der Waals surface area contributed by atoms with Gasteiger partial charge in [-0.25, -0.2) is 4.39 Å². The summed E-state index contributed by atoms with van der Waals surface area (Å²) in [6.45, 7) is 0. The minimum Gasteiger partial charge on any atom is -0.456 e. The molecule has 3 N–H and O–H groups in total. The zero-order valence-electron chi connectivity index (χ0n) is 10.5. The van der Waals surface area contributed by atoms with Gasteiger partial charge in [0.15, 0.2) is 0 Å². The fraction of sp³-hybridized carbons (Fsp3) is 0.0714. The largest absolute Gasteiger partial charge is 0.456 e. The number of anilines is 1. The molecular weight excluding hydrogens is 363 g/mol. The van der Waals surface area contributed by atoms with Gasteiger partial charge >= 0.3 is 0 Å². The van der Waals surface area contributed by atoms with Gasteiger partial charge < -0.3 is 15.8 Å². The maximum absolute atomic E-state index is 13.5. The SMILES string of the molecule is NC1C(=O)Nc2cc(Oc3cc(F)c(Cl)cc3Br)ccc21. The smallest absolute Gasteiger partial charge is 0.245 e. The minimum atomic E-state index is -0.672. The number of amides is 1. The van der Waals surface area contributed by atoms with Crippen LogP contribution in [0.5, 0.6) is 11.5 Å². The monoisotopic (exact) mass is 370 g/mol. The highest BCUT2D eigenvalue weighted by molar-refractivity contribution is 9.10. The number of halogens is 3. The van der Waals surface area contributed by atoms with Gasteiger partial charge in [-0.15, -0.1) is 0 Å². The number of nitrogens with two attached hydrogens (primary N) is 1. The summed E-state index contributed by atoms with van der Waals surface area (Å²) in [6, 6.07) is 6.93. The second kappa shape index (κ2) is 5.29. The van der Waals surface area contributed by atoms with E-state index in [1.165, 1.54) is 12.1 Å². The van der Waals surface area contributed by atoms with Gasteiger partial charge in [-0.05, 0) is 28.1 Å². The number of nitrogens with one attached hydrogen (secondary N) is 1. The first-order valence-electron chi connectivity index (χ1n) is 5.98. The van der Waals surface area contributed by atoms with Crippen LogP contribution in [-0.4, -0.2) is 5.91 Å². The van der Waals surface area contributed by atoms with Crippen molar-refractivity contribution in [2.75, 3.05) is 5.32 Å². The molecule has 3 rings (SSSR count). The van der Waals surface area contributed by atoms with Crippen LogP contribution in [0.4, 0.5) is 10.1 Å². The van der Waals surface area contributed by atoms with E-state index >= 15 is 0 Å². The van der Waals surface area contributed by atoms with E-state index in [-0.39, 0.29) is 16.7 Å². The molecule has 0 radical (unpaired) electrons. The Labute approximate surface area is 133 Å². The molecule has 1 aliphatic heterocycles. The molecule has 108 valence electrons. The minimum absolute atomic E-state index is 0.00131. The first-order chi connectivity index (χ1) is 9.95. The highest BCUT2D eigenvalue weighted by Crippen LogP contribution is 2.37. The summed E-state index contributed by atoms with van der Waals surface area (Å²) in [5.41, 5.74) is 7.02. The van der Waals surface area contributed by atoms with Gasteiger partial charge in [-0.1, -0.05) is 17.7 Å². The number of ether oxygens (including phenoxy) is 1. The average Bonchev–Trinajstić information content (AvgIpc) is 2.71. The molecule has 1 amide bonds. The number of hydrogen-bond donors (Lipinski definition) is 2. The number of rotatable bonds is 2. The summed E-state index contributed by atoms with van der Waals surface area (Å²) in [4.78, 5) is 11.5. The van der Waals surface area contributed by atoms with Crippen LogP contribution in [0.25, 0.3) is 0 Å². The summed E-state index contributed by atoms with van der Waals surface area (Å²) in [5, 5.41) is 2.66. The summed E-state index contributed by atoms with van der Waals surface area (Å²) >= 11 is 8.93. The van der Waals surface area contributed by atoms with Crippen molar-refractivity contribution in [2.24, 2.45) is 5.73 Å². The maximum Gasteiger partial charge on any atom is 0.245 e. The van der Waals surface area contributed by atoms with E-state index in [0.717, 1.165) is 0 Å². The molecule has 1 heterocycles. The Balaban J connectivity index is 1.92. The molecule has 0 fully saturated rings. The lowest BCUT2D eigenvalue weighted by atomic mass is 10.1. The molecule has 4 nitrogen and oxygen atoms in total. The number of fused-ring (bicyclic) bond motifs is 1. The van der Waals surface area contributed by atoms with Crippen LogP contribution in [-0.2, 0) is 4.79 Å². The van der Waals surface area contributed by atoms with Crippen molar-refractivity contribution in [3.8, 4) is 11.5 Å². The van der Waals surface area contributed by atoms with Gasteiger partial charge in [0, 0.05) is 23.4 Å². The second-order valence-corrected chi connectivity index (χ2v) is 5.78. The predicted octanol–water partition coefficient (Wildman–Crippen LogP) is 3.99. The summed E-state index contributed by atoms with van der Waals surface area (Å²) in [5.74, 6) is -0.108. The third kappa shape index (κ3) is 2.62. The molecule has 2 aromatic carbocycles. The maximum atomic E-state index is 13.5. The fourth-order valence-electron chi connectivity index (χ4n) is 2.04. The average molecular weight is 372 g/mol. The molecule has 0 spiro atoms. The number of benzene rings is 2. The molecule has 7 heteroatoms. The topological polar surface area (TPSA) is 64.4 Å². The number of hydrogen-bond acceptors (Lipinski definition) is 3. The van der Waals surface area contributed by atoms with Crippen molar-refractivity contribution >= 4 is 39.1 Å². The first kappa shape index (κ1) is 14.3. The normalized spacial score (nSPS) is 16.6. The summed E-state index contributed by atoms with van der Waals surface area (Å²) in [7, 11) is 0. The van der Waals surface area contributed by atoms with E-state index in [9.17, 15) is 9.18 Å². The summed E-state index contributed by atoms with van der Waals surface area (Å²) in [6.07, 6.45) is 0. The van der Waals surface area contributed by atoms with Crippen LogP contribution >= 0.6 is 27.5 Å². The van der Waals surface area contributed by atoms with E-state index in [1.807, 2.05) is 0 Å². The lowest BCUT2D eigenvalue weighted by Crippen LogP contribution is -2.19. The lowest BCUT2D eigenvalue weighted by Gasteiger charge is -2.10. The van der Waals surface area contributed by atoms with Gasteiger partial charge in [0.05, 0.1) is 9.50 Å². The van der Waals surface area contributed by atoms with Crippen molar-refractivity contribution in [3.63, 3.8) is 0 Å². The van der Waals surface area contributed by atoms with E-state index in [4.69, 9.17) is 22.1 Å². The Morgan fingerprint density at radius 2 is 2.10 bits per heavy atom. The Morgan fingerprint density at radius 1 is 1.33 bits per heavy atom. The quantitative estimate of drug-likeness (QED) is 0.785. The fourth-order valence-corrected chi connectivity index (χ4v) is 2.76. The van der Waals surface area contributed by atoms with Crippen LogP contribution in [0.15, 0.2) is 34.8 Å². The van der Waals surface area contributed by atoms with Crippen molar-refractivity contribution in [3.05, 3.63) is 51.2 Å². The molecule has 0 aromatic heterocycles. The van der Waals surface area contributed by atoms with E-state index in [0.29, 0.717) is 21.5 Å². The first-order valence-corrected chi connectivity index (χ1v) is 7.15. The van der Waals surface area contributed by atoms with Crippen LogP contribution in [0, 0.1) is 5.82 Å². The van der Waals surface area contributed by atoms with E-state index in [1.54, 1.807) is 18.2 Å². The zero-order valence-corrected chi connectivity index (χ0v) is 12.8. The zero-order chi connectivity index (χ0) is 15.1. The molecule has 2 aromatic rings. The van der Waals surface area contributed by atoms with E-state index in [2.05, 4.69) is 21.2 Å². The van der Waals surface area contributed by atoms with Gasteiger partial charge in [-0.3, -0.25) is 4.79 Å². The van der Waals surface area contributed by atoms with Crippen molar-refractivity contribution < 1.29 is 13.9 Å². The highest BCUT2D eigenvalue weighted by atomic mass is 79.9. The van der Waals surface area contributed by atoms with Gasteiger partial charge in [-0.2, -0.15) is 0 Å². The van der Waals surface area contributed by atoms with E-state index < -0.39 is 11.9 Å².